The summed E-state index contributed by atoms with van der Waals surface area (Å²) in [7, 11) is 6.56. The first kappa shape index (κ1) is 14.7. The quantitative estimate of drug-likeness (QED) is 0.486. The molecule has 2 atom stereocenters. The molecule has 1 saturated heterocycles. The molecule has 1 N–H and O–H groups in total. The standard InChI is InChI=1S/C11H24B3NO2/c1-5-10(12)6-15-7(11(10,13)14)8(16)17-9(2,3)4/h7,15H,5-6,12-14H2,1-4H3/t7-,10?/m1/s1. The summed E-state index contributed by atoms with van der Waals surface area (Å²) in [5.41, 5.74) is -0.417. The van der Waals surface area contributed by atoms with E-state index in [1.165, 1.54) is 0 Å². The van der Waals surface area contributed by atoms with Gasteiger partial charge in [0.25, 0.3) is 0 Å². The Morgan fingerprint density at radius 3 is 2.29 bits per heavy atom. The van der Waals surface area contributed by atoms with Crippen LogP contribution in [0.5, 0.6) is 0 Å². The largest absolute Gasteiger partial charge is 0.459 e. The average molecular weight is 235 g/mol. The SMILES string of the molecule is BC1(CC)CN[C@H](C(=O)OC(C)(C)C)C1(B)B. The van der Waals surface area contributed by atoms with Crippen molar-refractivity contribution in [1.82, 2.24) is 5.32 Å². The van der Waals surface area contributed by atoms with Gasteiger partial charge >= 0.3 is 5.97 Å². The molecule has 0 spiro atoms. The molecule has 0 aromatic heterocycles. The molecule has 6 heteroatoms. The third-order valence-electron chi connectivity index (χ3n) is 4.40. The summed E-state index contributed by atoms with van der Waals surface area (Å²) in [6.07, 6.45) is 1.06. The van der Waals surface area contributed by atoms with Crippen molar-refractivity contribution < 1.29 is 9.53 Å². The summed E-state index contributed by atoms with van der Waals surface area (Å²) in [5, 5.41) is 3.40. The first-order chi connectivity index (χ1) is 7.53. The number of carbonyl (C=O) groups is 1. The summed E-state index contributed by atoms with van der Waals surface area (Å²) < 4.78 is 5.49. The van der Waals surface area contributed by atoms with Crippen molar-refractivity contribution in [3.8, 4) is 0 Å². The molecule has 0 bridgehead atoms. The van der Waals surface area contributed by atoms with Gasteiger partial charge in [0, 0.05) is 0 Å². The highest BCUT2D eigenvalue weighted by Gasteiger charge is 2.53. The molecular weight excluding hydrogens is 211 g/mol. The van der Waals surface area contributed by atoms with Gasteiger partial charge in [0.1, 0.15) is 29.1 Å². The fraction of sp³-hybridized carbons (Fsp3) is 0.909. The van der Waals surface area contributed by atoms with Crippen LogP contribution in [-0.4, -0.2) is 47.7 Å². The molecule has 3 nitrogen and oxygen atoms in total. The molecule has 0 saturated carbocycles. The monoisotopic (exact) mass is 235 g/mol. The van der Waals surface area contributed by atoms with Gasteiger partial charge in [-0.3, -0.25) is 4.79 Å². The lowest BCUT2D eigenvalue weighted by Crippen LogP contribution is -2.45. The summed E-state index contributed by atoms with van der Waals surface area (Å²) in [6, 6.07) is -0.202. The van der Waals surface area contributed by atoms with E-state index in [4.69, 9.17) is 4.74 Å². The second-order valence-electron chi connectivity index (χ2n) is 6.98. The third-order valence-corrected chi connectivity index (χ3v) is 4.40. The van der Waals surface area contributed by atoms with Crippen molar-refractivity contribution in [3.05, 3.63) is 0 Å². The lowest BCUT2D eigenvalue weighted by molar-refractivity contribution is -0.157. The maximum absolute atomic E-state index is 12.2. The number of hydrogen-bond donors (Lipinski definition) is 1. The van der Waals surface area contributed by atoms with Crippen molar-refractivity contribution >= 4 is 29.5 Å². The normalized spacial score (nSPS) is 32.4. The van der Waals surface area contributed by atoms with E-state index in [0.717, 1.165) is 13.0 Å². The number of carbonyl (C=O) groups excluding carboxylic acids is 1. The van der Waals surface area contributed by atoms with Gasteiger partial charge in [-0.1, -0.05) is 23.9 Å². The number of esters is 1. The Kier molecular flexibility index (Phi) is 3.78. The highest BCUT2D eigenvalue weighted by molar-refractivity contribution is 6.47. The van der Waals surface area contributed by atoms with Crippen molar-refractivity contribution in [3.63, 3.8) is 0 Å². The van der Waals surface area contributed by atoms with Gasteiger partial charge in [0.05, 0.1) is 6.04 Å². The minimum Gasteiger partial charge on any atom is -0.459 e. The molecule has 0 amide bonds. The maximum atomic E-state index is 12.2. The molecular formula is C11H24B3NO2. The Bertz CT molecular complexity index is 314. The Labute approximate surface area is 108 Å². The third kappa shape index (κ3) is 2.73. The topological polar surface area (TPSA) is 38.3 Å². The van der Waals surface area contributed by atoms with Crippen LogP contribution in [0.2, 0.25) is 10.5 Å². The van der Waals surface area contributed by atoms with Crippen LogP contribution in [0.1, 0.15) is 34.1 Å². The Balaban J connectivity index is 2.85. The van der Waals surface area contributed by atoms with Gasteiger partial charge in [0.2, 0.25) is 0 Å². The number of nitrogens with one attached hydrogen (secondary N) is 1. The Morgan fingerprint density at radius 2 is 1.94 bits per heavy atom. The molecule has 94 valence electrons. The van der Waals surface area contributed by atoms with E-state index in [2.05, 4.69) is 35.8 Å². The average Bonchev–Trinajstić information content (AvgIpc) is 2.36. The van der Waals surface area contributed by atoms with Gasteiger partial charge in [-0.2, -0.15) is 0 Å². The molecule has 17 heavy (non-hydrogen) atoms. The highest BCUT2D eigenvalue weighted by Crippen LogP contribution is 2.53. The molecule has 1 aliphatic rings. The summed E-state index contributed by atoms with van der Waals surface area (Å²) in [4.78, 5) is 12.2. The van der Waals surface area contributed by atoms with Crippen molar-refractivity contribution in [2.24, 2.45) is 0 Å². The van der Waals surface area contributed by atoms with Crippen LogP contribution >= 0.6 is 0 Å². The zero-order valence-electron chi connectivity index (χ0n) is 12.3. The predicted octanol–water partition coefficient (Wildman–Crippen LogP) is -1.12. The molecule has 1 rings (SSSR count). The van der Waals surface area contributed by atoms with Gasteiger partial charge in [0.15, 0.2) is 0 Å². The van der Waals surface area contributed by atoms with Crippen LogP contribution in [0.25, 0.3) is 0 Å². The second-order valence-corrected chi connectivity index (χ2v) is 6.98. The maximum Gasteiger partial charge on any atom is 0.322 e. The fourth-order valence-corrected chi connectivity index (χ4v) is 2.48. The molecule has 0 aromatic carbocycles. The van der Waals surface area contributed by atoms with E-state index in [-0.39, 0.29) is 22.5 Å². The predicted molar refractivity (Wildman–Crippen MR) is 78.9 cm³/mol. The molecule has 0 aromatic rings. The molecule has 0 aliphatic carbocycles. The van der Waals surface area contributed by atoms with Crippen LogP contribution in [0.3, 0.4) is 0 Å². The Morgan fingerprint density at radius 1 is 1.41 bits per heavy atom. The number of hydrogen-bond acceptors (Lipinski definition) is 3. The van der Waals surface area contributed by atoms with Crippen molar-refractivity contribution in [2.75, 3.05) is 6.54 Å². The minimum atomic E-state index is -0.417. The van der Waals surface area contributed by atoms with Crippen molar-refractivity contribution in [2.45, 2.75) is 56.3 Å². The van der Waals surface area contributed by atoms with Gasteiger partial charge < -0.3 is 10.1 Å². The Hall–Kier alpha value is -0.375. The van der Waals surface area contributed by atoms with E-state index in [0.29, 0.717) is 0 Å². The summed E-state index contributed by atoms with van der Waals surface area (Å²) >= 11 is 0. The smallest absolute Gasteiger partial charge is 0.322 e. The number of rotatable bonds is 2. The first-order valence-corrected chi connectivity index (χ1v) is 6.50. The molecule has 1 unspecified atom stereocenters. The van der Waals surface area contributed by atoms with Crippen LogP contribution in [-0.2, 0) is 9.53 Å². The van der Waals surface area contributed by atoms with E-state index >= 15 is 0 Å². The van der Waals surface area contributed by atoms with Gasteiger partial charge in [-0.25, -0.2) is 0 Å². The number of ether oxygens (including phenoxy) is 1. The van der Waals surface area contributed by atoms with Crippen LogP contribution in [0, 0.1) is 0 Å². The zero-order valence-corrected chi connectivity index (χ0v) is 12.3. The van der Waals surface area contributed by atoms with E-state index in [1.807, 2.05) is 20.8 Å². The van der Waals surface area contributed by atoms with E-state index < -0.39 is 5.60 Å². The minimum absolute atomic E-state index is 0.0793. The molecule has 1 aliphatic heterocycles. The lowest BCUT2D eigenvalue weighted by atomic mass is 9.35. The van der Waals surface area contributed by atoms with E-state index in [1.54, 1.807) is 0 Å². The summed E-state index contributed by atoms with van der Waals surface area (Å²) in [6.45, 7) is 8.78. The fourth-order valence-electron chi connectivity index (χ4n) is 2.48. The highest BCUT2D eigenvalue weighted by atomic mass is 16.6. The summed E-state index contributed by atoms with van der Waals surface area (Å²) in [5.74, 6) is -0.125. The van der Waals surface area contributed by atoms with Gasteiger partial charge in [-0.15, -0.1) is 0 Å². The second kappa shape index (κ2) is 4.38. The van der Waals surface area contributed by atoms with Crippen LogP contribution in [0.4, 0.5) is 0 Å². The molecule has 1 heterocycles. The lowest BCUT2D eigenvalue weighted by Gasteiger charge is -2.40. The molecule has 1 fully saturated rings. The van der Waals surface area contributed by atoms with E-state index in [9.17, 15) is 4.79 Å². The molecule has 0 radical (unpaired) electrons. The van der Waals surface area contributed by atoms with Crippen LogP contribution < -0.4 is 5.32 Å². The van der Waals surface area contributed by atoms with Crippen LogP contribution in [0.15, 0.2) is 0 Å². The van der Waals surface area contributed by atoms with Gasteiger partial charge in [-0.05, 0) is 27.3 Å². The zero-order chi connectivity index (χ0) is 13.5. The first-order valence-electron chi connectivity index (χ1n) is 6.50. The van der Waals surface area contributed by atoms with Crippen molar-refractivity contribution in [1.29, 1.82) is 0 Å².